The monoisotopic (exact) mass is 425 g/mol. The number of piperidine rings is 1. The molecular formula is C20H29Cl2N5O. The molecule has 1 aromatic carbocycles. The molecule has 6 nitrogen and oxygen atoms in total. The van der Waals surface area contributed by atoms with E-state index in [-0.39, 0.29) is 36.8 Å². The molecule has 2 aromatic rings. The van der Waals surface area contributed by atoms with Crippen molar-refractivity contribution >= 4 is 36.5 Å². The summed E-state index contributed by atoms with van der Waals surface area (Å²) in [5, 5.41) is 3.11. The van der Waals surface area contributed by atoms with Crippen LogP contribution < -0.4 is 16.0 Å². The SMILES string of the molecule is CCc1cc(N2CCC(NC(=O)C(N)Cc3ccccc3)CC2)ncn1.Cl.Cl. The summed E-state index contributed by atoms with van der Waals surface area (Å²) in [5.74, 6) is 0.907. The van der Waals surface area contributed by atoms with Crippen molar-refractivity contribution in [1.29, 1.82) is 0 Å². The summed E-state index contributed by atoms with van der Waals surface area (Å²) in [4.78, 5) is 23.3. The number of aryl methyl sites for hydroxylation is 1. The van der Waals surface area contributed by atoms with Crippen molar-refractivity contribution in [2.24, 2.45) is 5.73 Å². The van der Waals surface area contributed by atoms with Crippen LogP contribution in [0.5, 0.6) is 0 Å². The Morgan fingerprint density at radius 2 is 1.89 bits per heavy atom. The van der Waals surface area contributed by atoms with Crippen LogP contribution in [0.2, 0.25) is 0 Å². The van der Waals surface area contributed by atoms with Gasteiger partial charge in [0, 0.05) is 30.9 Å². The van der Waals surface area contributed by atoms with E-state index in [9.17, 15) is 4.79 Å². The molecular weight excluding hydrogens is 397 g/mol. The van der Waals surface area contributed by atoms with Gasteiger partial charge in [-0.15, -0.1) is 24.8 Å². The zero-order chi connectivity index (χ0) is 18.4. The number of benzene rings is 1. The molecule has 0 saturated carbocycles. The van der Waals surface area contributed by atoms with Gasteiger partial charge in [-0.3, -0.25) is 4.79 Å². The maximum atomic E-state index is 12.4. The molecule has 0 radical (unpaired) electrons. The number of anilines is 1. The molecule has 1 fully saturated rings. The molecule has 1 aromatic heterocycles. The molecule has 3 rings (SSSR count). The van der Waals surface area contributed by atoms with Gasteiger partial charge in [0.1, 0.15) is 12.1 Å². The number of halogens is 2. The number of aromatic nitrogens is 2. The minimum atomic E-state index is -0.510. The highest BCUT2D eigenvalue weighted by Crippen LogP contribution is 2.18. The van der Waals surface area contributed by atoms with Gasteiger partial charge in [0.2, 0.25) is 5.91 Å². The van der Waals surface area contributed by atoms with Crippen LogP contribution in [0.15, 0.2) is 42.7 Å². The van der Waals surface area contributed by atoms with E-state index in [1.807, 2.05) is 30.3 Å². The lowest BCUT2D eigenvalue weighted by Gasteiger charge is -2.33. The van der Waals surface area contributed by atoms with Crippen molar-refractivity contribution in [3.8, 4) is 0 Å². The van der Waals surface area contributed by atoms with Gasteiger partial charge in [-0.05, 0) is 31.2 Å². The maximum Gasteiger partial charge on any atom is 0.237 e. The van der Waals surface area contributed by atoms with Gasteiger partial charge in [0.05, 0.1) is 6.04 Å². The summed E-state index contributed by atoms with van der Waals surface area (Å²) in [5.41, 5.74) is 8.21. The Labute approximate surface area is 179 Å². The molecule has 1 amide bonds. The second-order valence-corrected chi connectivity index (χ2v) is 6.79. The summed E-state index contributed by atoms with van der Waals surface area (Å²) in [6.07, 6.45) is 4.89. The summed E-state index contributed by atoms with van der Waals surface area (Å²) in [6, 6.07) is 11.6. The molecule has 1 aliphatic heterocycles. The van der Waals surface area contributed by atoms with Crippen molar-refractivity contribution in [1.82, 2.24) is 15.3 Å². The number of nitrogens with zero attached hydrogens (tertiary/aromatic N) is 3. The highest BCUT2D eigenvalue weighted by atomic mass is 35.5. The van der Waals surface area contributed by atoms with E-state index in [1.165, 1.54) is 0 Å². The molecule has 1 unspecified atom stereocenters. The maximum absolute atomic E-state index is 12.4. The zero-order valence-corrected chi connectivity index (χ0v) is 17.7. The first kappa shape index (κ1) is 24.1. The van der Waals surface area contributed by atoms with Crippen LogP contribution in [0.4, 0.5) is 5.82 Å². The van der Waals surface area contributed by atoms with Crippen LogP contribution in [0.1, 0.15) is 31.0 Å². The fourth-order valence-electron chi connectivity index (χ4n) is 3.27. The lowest BCUT2D eigenvalue weighted by Crippen LogP contribution is -2.50. The second kappa shape index (κ2) is 11.8. The van der Waals surface area contributed by atoms with Crippen LogP contribution >= 0.6 is 24.8 Å². The van der Waals surface area contributed by atoms with Crippen LogP contribution in [-0.2, 0) is 17.6 Å². The fraction of sp³-hybridized carbons (Fsp3) is 0.450. The van der Waals surface area contributed by atoms with E-state index in [0.717, 1.165) is 49.4 Å². The Bertz CT molecular complexity index is 724. The molecule has 1 aliphatic rings. The van der Waals surface area contributed by atoms with Crippen molar-refractivity contribution < 1.29 is 4.79 Å². The minimum Gasteiger partial charge on any atom is -0.356 e. The Morgan fingerprint density at radius 3 is 2.54 bits per heavy atom. The first-order chi connectivity index (χ1) is 12.7. The predicted octanol–water partition coefficient (Wildman–Crippen LogP) is 2.54. The molecule has 8 heteroatoms. The second-order valence-electron chi connectivity index (χ2n) is 6.79. The molecule has 2 heterocycles. The summed E-state index contributed by atoms with van der Waals surface area (Å²) in [6.45, 7) is 3.84. The number of carbonyl (C=O) groups is 1. The average Bonchev–Trinajstić information content (AvgIpc) is 2.69. The molecule has 28 heavy (non-hydrogen) atoms. The van der Waals surface area contributed by atoms with Gasteiger partial charge in [-0.1, -0.05) is 37.3 Å². The van der Waals surface area contributed by atoms with E-state index >= 15 is 0 Å². The summed E-state index contributed by atoms with van der Waals surface area (Å²) < 4.78 is 0. The summed E-state index contributed by atoms with van der Waals surface area (Å²) in [7, 11) is 0. The Balaban J connectivity index is 0.00000196. The van der Waals surface area contributed by atoms with Gasteiger partial charge in [-0.25, -0.2) is 9.97 Å². The van der Waals surface area contributed by atoms with Gasteiger partial charge >= 0.3 is 0 Å². The van der Waals surface area contributed by atoms with Crippen LogP contribution in [-0.4, -0.2) is 41.0 Å². The molecule has 0 spiro atoms. The number of carbonyl (C=O) groups excluding carboxylic acids is 1. The van der Waals surface area contributed by atoms with Crippen molar-refractivity contribution in [3.05, 3.63) is 54.0 Å². The van der Waals surface area contributed by atoms with Crippen molar-refractivity contribution in [3.63, 3.8) is 0 Å². The topological polar surface area (TPSA) is 84.1 Å². The highest BCUT2D eigenvalue weighted by Gasteiger charge is 2.24. The zero-order valence-electron chi connectivity index (χ0n) is 16.1. The van der Waals surface area contributed by atoms with Gasteiger partial charge in [0.15, 0.2) is 0 Å². The molecule has 3 N–H and O–H groups in total. The molecule has 154 valence electrons. The third kappa shape index (κ3) is 6.62. The van der Waals surface area contributed by atoms with Crippen LogP contribution in [0.3, 0.4) is 0 Å². The fourth-order valence-corrected chi connectivity index (χ4v) is 3.27. The van der Waals surface area contributed by atoms with E-state index in [4.69, 9.17) is 5.73 Å². The number of nitrogens with one attached hydrogen (secondary N) is 1. The standard InChI is InChI=1S/C20H27N5O.2ClH/c1-2-16-13-19(23-14-22-16)25-10-8-17(9-11-25)24-20(26)18(21)12-15-6-4-3-5-7-15;;/h3-7,13-14,17-18H,2,8-12,21H2,1H3,(H,24,26);2*1H. The Morgan fingerprint density at radius 1 is 1.21 bits per heavy atom. The first-order valence-electron chi connectivity index (χ1n) is 9.31. The molecule has 0 bridgehead atoms. The van der Waals surface area contributed by atoms with E-state index in [2.05, 4.69) is 33.2 Å². The van der Waals surface area contributed by atoms with Crippen LogP contribution in [0.25, 0.3) is 0 Å². The lowest BCUT2D eigenvalue weighted by molar-refractivity contribution is -0.123. The Hall–Kier alpha value is -1.89. The molecule has 1 atom stereocenters. The summed E-state index contributed by atoms with van der Waals surface area (Å²) >= 11 is 0. The number of hydrogen-bond acceptors (Lipinski definition) is 5. The normalized spacial score (nSPS) is 15.1. The van der Waals surface area contributed by atoms with E-state index in [1.54, 1.807) is 6.33 Å². The lowest BCUT2D eigenvalue weighted by atomic mass is 10.0. The molecule has 1 saturated heterocycles. The number of hydrogen-bond donors (Lipinski definition) is 2. The smallest absolute Gasteiger partial charge is 0.237 e. The average molecular weight is 426 g/mol. The highest BCUT2D eigenvalue weighted by molar-refractivity contribution is 5.85. The van der Waals surface area contributed by atoms with Crippen molar-refractivity contribution in [2.45, 2.75) is 44.7 Å². The third-order valence-corrected chi connectivity index (χ3v) is 4.87. The van der Waals surface area contributed by atoms with Crippen molar-refractivity contribution in [2.75, 3.05) is 18.0 Å². The first-order valence-corrected chi connectivity index (χ1v) is 9.31. The number of nitrogens with two attached hydrogens (primary N) is 1. The predicted molar refractivity (Wildman–Crippen MR) is 117 cm³/mol. The minimum absolute atomic E-state index is 0. The van der Waals surface area contributed by atoms with Gasteiger partial charge in [0.25, 0.3) is 0 Å². The quantitative estimate of drug-likeness (QED) is 0.742. The molecule has 0 aliphatic carbocycles. The van der Waals surface area contributed by atoms with E-state index in [0.29, 0.717) is 6.42 Å². The number of amides is 1. The van der Waals surface area contributed by atoms with E-state index < -0.39 is 6.04 Å². The van der Waals surface area contributed by atoms with Gasteiger partial charge in [-0.2, -0.15) is 0 Å². The third-order valence-electron chi connectivity index (χ3n) is 4.87. The Kier molecular flexibility index (Phi) is 10.2. The van der Waals surface area contributed by atoms with Crippen LogP contribution in [0, 0.1) is 0 Å². The van der Waals surface area contributed by atoms with Gasteiger partial charge < -0.3 is 16.0 Å². The largest absolute Gasteiger partial charge is 0.356 e. The number of rotatable bonds is 6.